The topological polar surface area (TPSA) is 72.2 Å². The lowest BCUT2D eigenvalue weighted by Gasteiger charge is -2.06. The molecule has 0 saturated carbocycles. The van der Waals surface area contributed by atoms with Crippen molar-refractivity contribution < 1.29 is 15.7 Å². The first-order valence-corrected chi connectivity index (χ1v) is 3.75. The van der Waals surface area contributed by atoms with Gasteiger partial charge in [-0.1, -0.05) is 35.8 Å². The Balaban J connectivity index is 0. The molecule has 0 bridgehead atoms. The van der Waals surface area contributed by atoms with Crippen LogP contribution in [0.5, 0.6) is 0 Å². The minimum absolute atomic E-state index is 0. The Morgan fingerprint density at radius 3 is 2.15 bits per heavy atom. The van der Waals surface area contributed by atoms with E-state index in [1.807, 2.05) is 25.1 Å². The monoisotopic (exact) mass is 183 g/mol. The Kier molecular flexibility index (Phi) is 8.80. The van der Waals surface area contributed by atoms with E-state index in [0.29, 0.717) is 0 Å². The molecular weight excluding hydrogens is 167 g/mol. The number of methoxy groups -OCH3 is 1. The fraction of sp³-hybridized carbons (Fsp3) is 0.333. The molecule has 0 aliphatic carbocycles. The second-order valence-corrected chi connectivity index (χ2v) is 2.52. The third-order valence-corrected chi connectivity index (χ3v) is 1.60. The van der Waals surface area contributed by atoms with Crippen molar-refractivity contribution in [2.24, 2.45) is 0 Å². The highest BCUT2D eigenvalue weighted by molar-refractivity contribution is 6.54. The van der Waals surface area contributed by atoms with Gasteiger partial charge in [-0.15, -0.1) is 0 Å². The Morgan fingerprint density at radius 2 is 1.69 bits per heavy atom. The fourth-order valence-corrected chi connectivity index (χ4v) is 0.903. The molecule has 0 aliphatic heterocycles. The van der Waals surface area contributed by atoms with Gasteiger partial charge in [-0.3, -0.25) is 0 Å². The zero-order valence-corrected chi connectivity index (χ0v) is 7.95. The van der Waals surface area contributed by atoms with E-state index in [2.05, 4.69) is 19.4 Å². The number of hydrogen-bond donors (Lipinski definition) is 0. The van der Waals surface area contributed by atoms with Crippen LogP contribution in [-0.2, 0) is 4.74 Å². The van der Waals surface area contributed by atoms with Crippen LogP contribution in [0.2, 0.25) is 0 Å². The van der Waals surface area contributed by atoms with E-state index in [1.165, 1.54) is 5.46 Å². The Hall–Kier alpha value is -0.835. The molecule has 0 amide bonds. The highest BCUT2D eigenvalue weighted by Crippen LogP contribution is 1.87. The Labute approximate surface area is 79.6 Å². The zero-order chi connectivity index (χ0) is 8.10. The van der Waals surface area contributed by atoms with Gasteiger partial charge in [0, 0.05) is 13.1 Å². The maximum absolute atomic E-state index is 5.10. The second kappa shape index (κ2) is 7.80. The van der Waals surface area contributed by atoms with Gasteiger partial charge in [0.2, 0.25) is 0 Å². The van der Waals surface area contributed by atoms with E-state index < -0.39 is 0 Å². The quantitative estimate of drug-likeness (QED) is 0.574. The summed E-state index contributed by atoms with van der Waals surface area (Å²) in [5, 5.41) is 0. The summed E-state index contributed by atoms with van der Waals surface area (Å²) in [7, 11) is 3.80. The second-order valence-electron chi connectivity index (χ2n) is 2.52. The molecule has 0 fully saturated rings. The molecule has 1 unspecified atom stereocenters. The Bertz CT molecular complexity index is 203. The molecule has 0 spiro atoms. The summed E-state index contributed by atoms with van der Waals surface area (Å²) in [5.74, 6) is 0. The summed E-state index contributed by atoms with van der Waals surface area (Å²) in [4.78, 5) is 0. The fourth-order valence-electron chi connectivity index (χ4n) is 0.903. The first-order valence-electron chi connectivity index (χ1n) is 3.75. The Morgan fingerprint density at radius 1 is 1.15 bits per heavy atom. The van der Waals surface area contributed by atoms with E-state index in [-0.39, 0.29) is 17.0 Å². The molecule has 0 aliphatic rings. The molecular formula is C9H16BO3. The maximum Gasteiger partial charge on any atom is 0.189 e. The number of ether oxygens (including phenoxy) is 1. The average molecular weight is 183 g/mol. The molecule has 1 atom stereocenters. The molecule has 73 valence electrons. The molecule has 1 radical (unpaired) electrons. The van der Waals surface area contributed by atoms with Gasteiger partial charge in [0.25, 0.3) is 0 Å². The van der Waals surface area contributed by atoms with Crippen LogP contribution in [-0.4, -0.2) is 31.3 Å². The predicted octanol–water partition coefficient (Wildman–Crippen LogP) is -0.641. The molecule has 1 aromatic carbocycles. The SMILES string of the molecule is COC(C)[B]c1ccccc1.O.O. The van der Waals surface area contributed by atoms with Gasteiger partial charge >= 0.3 is 0 Å². The summed E-state index contributed by atoms with van der Waals surface area (Å²) in [5.41, 5.74) is 1.21. The number of rotatable bonds is 3. The van der Waals surface area contributed by atoms with E-state index in [9.17, 15) is 0 Å². The molecule has 3 nitrogen and oxygen atoms in total. The van der Waals surface area contributed by atoms with Gasteiger partial charge < -0.3 is 15.7 Å². The zero-order valence-electron chi connectivity index (χ0n) is 7.95. The van der Waals surface area contributed by atoms with Crippen LogP contribution in [0.15, 0.2) is 30.3 Å². The summed E-state index contributed by atoms with van der Waals surface area (Å²) >= 11 is 0. The maximum atomic E-state index is 5.10. The van der Waals surface area contributed by atoms with Crippen LogP contribution in [0.4, 0.5) is 0 Å². The van der Waals surface area contributed by atoms with Crippen LogP contribution in [0, 0.1) is 0 Å². The first kappa shape index (κ1) is 14.7. The molecule has 1 aromatic rings. The van der Waals surface area contributed by atoms with Crippen LogP contribution in [0.1, 0.15) is 6.92 Å². The molecule has 0 aromatic heterocycles. The smallest absolute Gasteiger partial charge is 0.189 e. The minimum atomic E-state index is 0. The third kappa shape index (κ3) is 5.41. The van der Waals surface area contributed by atoms with Crippen molar-refractivity contribution in [3.8, 4) is 0 Å². The van der Waals surface area contributed by atoms with Crippen molar-refractivity contribution in [2.75, 3.05) is 7.11 Å². The summed E-state index contributed by atoms with van der Waals surface area (Å²) in [6, 6.07) is 10.4. The van der Waals surface area contributed by atoms with Crippen molar-refractivity contribution in [3.05, 3.63) is 30.3 Å². The highest BCUT2D eigenvalue weighted by Gasteiger charge is 2.02. The van der Waals surface area contributed by atoms with Crippen LogP contribution in [0.3, 0.4) is 0 Å². The van der Waals surface area contributed by atoms with Gasteiger partial charge in [0.15, 0.2) is 7.28 Å². The molecule has 0 saturated heterocycles. The molecule has 1 rings (SSSR count). The molecule has 4 heteroatoms. The lowest BCUT2D eigenvalue weighted by atomic mass is 9.65. The summed E-state index contributed by atoms with van der Waals surface area (Å²) < 4.78 is 5.10. The van der Waals surface area contributed by atoms with Crippen LogP contribution < -0.4 is 5.46 Å². The van der Waals surface area contributed by atoms with Crippen molar-refractivity contribution >= 4 is 12.7 Å². The lowest BCUT2D eigenvalue weighted by Crippen LogP contribution is -2.26. The van der Waals surface area contributed by atoms with Crippen molar-refractivity contribution in [1.29, 1.82) is 0 Å². The third-order valence-electron chi connectivity index (χ3n) is 1.60. The van der Waals surface area contributed by atoms with Gasteiger partial charge in [0.05, 0.1) is 0 Å². The highest BCUT2D eigenvalue weighted by atomic mass is 16.5. The van der Waals surface area contributed by atoms with E-state index in [0.717, 1.165) is 0 Å². The summed E-state index contributed by atoms with van der Waals surface area (Å²) in [6.45, 7) is 2.02. The van der Waals surface area contributed by atoms with E-state index >= 15 is 0 Å². The standard InChI is InChI=1S/C9H12BO.2H2O/c1-8(11-2)10-9-6-4-3-5-7-9;;/h3-8H,1-2H3;2*1H2. The minimum Gasteiger partial charge on any atom is -0.412 e. The van der Waals surface area contributed by atoms with Crippen molar-refractivity contribution in [2.45, 2.75) is 12.9 Å². The first-order chi connectivity index (χ1) is 5.33. The van der Waals surface area contributed by atoms with E-state index in [4.69, 9.17) is 4.74 Å². The largest absolute Gasteiger partial charge is 0.412 e. The van der Waals surface area contributed by atoms with Crippen LogP contribution in [0.25, 0.3) is 0 Å². The average Bonchev–Trinajstić information content (AvgIpc) is 2.06. The summed E-state index contributed by atoms with van der Waals surface area (Å²) in [6.07, 6.45) is 0. The molecule has 0 heterocycles. The number of benzene rings is 1. The van der Waals surface area contributed by atoms with Crippen molar-refractivity contribution in [1.82, 2.24) is 0 Å². The normalized spacial score (nSPS) is 10.6. The van der Waals surface area contributed by atoms with Gasteiger partial charge in [0.1, 0.15) is 0 Å². The van der Waals surface area contributed by atoms with Crippen LogP contribution >= 0.6 is 0 Å². The predicted molar refractivity (Wildman–Crippen MR) is 55.5 cm³/mol. The van der Waals surface area contributed by atoms with Gasteiger partial charge in [-0.25, -0.2) is 0 Å². The molecule has 4 N–H and O–H groups in total. The molecule has 13 heavy (non-hydrogen) atoms. The number of hydrogen-bond acceptors (Lipinski definition) is 1. The lowest BCUT2D eigenvalue weighted by molar-refractivity contribution is 0.180. The van der Waals surface area contributed by atoms with E-state index in [1.54, 1.807) is 7.11 Å². The van der Waals surface area contributed by atoms with Gasteiger partial charge in [-0.05, 0) is 6.92 Å². The van der Waals surface area contributed by atoms with Gasteiger partial charge in [-0.2, -0.15) is 0 Å². The van der Waals surface area contributed by atoms with Crippen molar-refractivity contribution in [3.63, 3.8) is 0 Å².